The van der Waals surface area contributed by atoms with E-state index in [-0.39, 0.29) is 0 Å². The van der Waals surface area contributed by atoms with Crippen molar-refractivity contribution in [2.75, 3.05) is 0 Å². The lowest BCUT2D eigenvalue weighted by Crippen LogP contribution is -2.41. The Kier molecular flexibility index (Phi) is 3.16. The second-order valence-electron chi connectivity index (χ2n) is 5.84. The van der Waals surface area contributed by atoms with Gasteiger partial charge in [0.25, 0.3) is 0 Å². The predicted octanol–water partition coefficient (Wildman–Crippen LogP) is 3.47. The van der Waals surface area contributed by atoms with Crippen LogP contribution in [0.2, 0.25) is 0 Å². The normalized spacial score (nSPS) is 28.7. The molecule has 0 heterocycles. The summed E-state index contributed by atoms with van der Waals surface area (Å²) in [5, 5.41) is 0. The van der Waals surface area contributed by atoms with E-state index in [0.29, 0.717) is 11.5 Å². The van der Waals surface area contributed by atoms with E-state index in [1.54, 1.807) is 0 Å². The first-order chi connectivity index (χ1) is 6.71. The summed E-state index contributed by atoms with van der Waals surface area (Å²) in [5.74, 6) is 1.05. The van der Waals surface area contributed by atoms with Gasteiger partial charge in [-0.3, -0.25) is 0 Å². The molecule has 0 radical (unpaired) electrons. The summed E-state index contributed by atoms with van der Waals surface area (Å²) in [7, 11) is 0. The maximum atomic E-state index is 6.36. The quantitative estimate of drug-likeness (QED) is 0.730. The third kappa shape index (κ3) is 2.50. The number of hydrogen-bond acceptors (Lipinski definition) is 1. The van der Waals surface area contributed by atoms with Crippen LogP contribution in [0, 0.1) is 11.3 Å². The van der Waals surface area contributed by atoms with E-state index in [1.807, 2.05) is 0 Å². The van der Waals surface area contributed by atoms with Gasteiger partial charge in [-0.25, -0.2) is 0 Å². The SMILES string of the molecule is CC1(C(N)CCC2CC2)CCCCC1. The fourth-order valence-electron chi connectivity index (χ4n) is 2.90. The first kappa shape index (κ1) is 10.5. The Balaban J connectivity index is 1.77. The van der Waals surface area contributed by atoms with Gasteiger partial charge in [0.05, 0.1) is 0 Å². The average molecular weight is 195 g/mol. The smallest absolute Gasteiger partial charge is 0.00930 e. The highest BCUT2D eigenvalue weighted by Gasteiger charge is 2.34. The fraction of sp³-hybridized carbons (Fsp3) is 1.00. The molecular formula is C13H25N. The van der Waals surface area contributed by atoms with Crippen LogP contribution in [0.3, 0.4) is 0 Å². The van der Waals surface area contributed by atoms with Crippen molar-refractivity contribution < 1.29 is 0 Å². The first-order valence-corrected chi connectivity index (χ1v) is 6.46. The first-order valence-electron chi connectivity index (χ1n) is 6.46. The van der Waals surface area contributed by atoms with Gasteiger partial charge in [-0.1, -0.05) is 39.0 Å². The van der Waals surface area contributed by atoms with Crippen molar-refractivity contribution in [3.8, 4) is 0 Å². The highest BCUT2D eigenvalue weighted by atomic mass is 14.7. The molecule has 0 aromatic heterocycles. The van der Waals surface area contributed by atoms with Crippen LogP contribution in [-0.4, -0.2) is 6.04 Å². The van der Waals surface area contributed by atoms with Gasteiger partial charge in [0.15, 0.2) is 0 Å². The molecule has 0 saturated heterocycles. The molecule has 0 aromatic rings. The van der Waals surface area contributed by atoms with Gasteiger partial charge >= 0.3 is 0 Å². The molecule has 2 N–H and O–H groups in total. The van der Waals surface area contributed by atoms with Crippen molar-refractivity contribution in [2.24, 2.45) is 17.1 Å². The zero-order valence-electron chi connectivity index (χ0n) is 9.60. The van der Waals surface area contributed by atoms with Crippen molar-refractivity contribution in [1.82, 2.24) is 0 Å². The molecule has 2 aliphatic rings. The predicted molar refractivity (Wildman–Crippen MR) is 61.1 cm³/mol. The van der Waals surface area contributed by atoms with Crippen molar-refractivity contribution >= 4 is 0 Å². The van der Waals surface area contributed by atoms with Crippen LogP contribution < -0.4 is 5.73 Å². The van der Waals surface area contributed by atoms with E-state index in [9.17, 15) is 0 Å². The molecule has 0 aromatic carbocycles. The van der Waals surface area contributed by atoms with Crippen LogP contribution in [0.15, 0.2) is 0 Å². The molecule has 1 nitrogen and oxygen atoms in total. The topological polar surface area (TPSA) is 26.0 Å². The fourth-order valence-corrected chi connectivity index (χ4v) is 2.90. The highest BCUT2D eigenvalue weighted by molar-refractivity contribution is 4.89. The Morgan fingerprint density at radius 1 is 1.21 bits per heavy atom. The largest absolute Gasteiger partial charge is 0.327 e. The van der Waals surface area contributed by atoms with Crippen LogP contribution in [0.1, 0.15) is 64.7 Å². The van der Waals surface area contributed by atoms with Gasteiger partial charge < -0.3 is 5.73 Å². The summed E-state index contributed by atoms with van der Waals surface area (Å²) in [6.45, 7) is 2.42. The van der Waals surface area contributed by atoms with Crippen LogP contribution in [-0.2, 0) is 0 Å². The summed E-state index contributed by atoms with van der Waals surface area (Å²) in [5.41, 5.74) is 6.84. The van der Waals surface area contributed by atoms with Gasteiger partial charge in [0.1, 0.15) is 0 Å². The molecule has 0 bridgehead atoms. The van der Waals surface area contributed by atoms with Gasteiger partial charge in [0, 0.05) is 6.04 Å². The minimum Gasteiger partial charge on any atom is -0.327 e. The second kappa shape index (κ2) is 4.22. The third-order valence-electron chi connectivity index (χ3n) is 4.47. The maximum Gasteiger partial charge on any atom is 0.00930 e. The van der Waals surface area contributed by atoms with E-state index >= 15 is 0 Å². The van der Waals surface area contributed by atoms with Crippen LogP contribution in [0.5, 0.6) is 0 Å². The molecule has 0 spiro atoms. The Hall–Kier alpha value is -0.0400. The van der Waals surface area contributed by atoms with Gasteiger partial charge in [-0.2, -0.15) is 0 Å². The zero-order valence-corrected chi connectivity index (χ0v) is 9.60. The van der Waals surface area contributed by atoms with Crippen molar-refractivity contribution in [1.29, 1.82) is 0 Å². The van der Waals surface area contributed by atoms with E-state index in [0.717, 1.165) is 5.92 Å². The Morgan fingerprint density at radius 2 is 1.86 bits per heavy atom. The lowest BCUT2D eigenvalue weighted by molar-refractivity contribution is 0.160. The molecular weight excluding hydrogens is 170 g/mol. The second-order valence-corrected chi connectivity index (χ2v) is 5.84. The Morgan fingerprint density at radius 3 is 2.43 bits per heavy atom. The van der Waals surface area contributed by atoms with Crippen LogP contribution in [0.25, 0.3) is 0 Å². The van der Waals surface area contributed by atoms with Crippen molar-refractivity contribution in [2.45, 2.75) is 70.8 Å². The molecule has 1 heteroatoms. The van der Waals surface area contributed by atoms with Crippen LogP contribution >= 0.6 is 0 Å². The van der Waals surface area contributed by atoms with Crippen molar-refractivity contribution in [3.05, 3.63) is 0 Å². The Bertz CT molecular complexity index is 178. The summed E-state index contributed by atoms with van der Waals surface area (Å²) < 4.78 is 0. The monoisotopic (exact) mass is 195 g/mol. The molecule has 0 amide bonds. The number of rotatable bonds is 4. The minimum atomic E-state index is 0.475. The summed E-state index contributed by atoms with van der Waals surface area (Å²) in [6, 6.07) is 0.475. The van der Waals surface area contributed by atoms with Crippen molar-refractivity contribution in [3.63, 3.8) is 0 Å². The molecule has 2 aliphatic carbocycles. The maximum absolute atomic E-state index is 6.36. The summed E-state index contributed by atoms with van der Waals surface area (Å²) in [4.78, 5) is 0. The van der Waals surface area contributed by atoms with E-state index in [4.69, 9.17) is 5.73 Å². The van der Waals surface area contributed by atoms with Gasteiger partial charge in [-0.05, 0) is 37.0 Å². The molecule has 0 aliphatic heterocycles. The molecule has 2 fully saturated rings. The molecule has 82 valence electrons. The van der Waals surface area contributed by atoms with E-state index in [1.165, 1.54) is 57.8 Å². The van der Waals surface area contributed by atoms with E-state index in [2.05, 4.69) is 6.92 Å². The number of hydrogen-bond donors (Lipinski definition) is 1. The van der Waals surface area contributed by atoms with Gasteiger partial charge in [0.2, 0.25) is 0 Å². The summed E-state index contributed by atoms with van der Waals surface area (Å²) in [6.07, 6.45) is 12.6. The molecule has 2 saturated carbocycles. The Labute approximate surface area is 88.4 Å². The average Bonchev–Trinajstić information content (AvgIpc) is 2.99. The molecule has 1 unspecified atom stereocenters. The third-order valence-corrected chi connectivity index (χ3v) is 4.47. The molecule has 1 atom stereocenters. The van der Waals surface area contributed by atoms with E-state index < -0.39 is 0 Å². The van der Waals surface area contributed by atoms with Gasteiger partial charge in [-0.15, -0.1) is 0 Å². The molecule has 14 heavy (non-hydrogen) atoms. The zero-order chi connectivity index (χ0) is 10.0. The number of nitrogens with two attached hydrogens (primary N) is 1. The standard InChI is InChI=1S/C13H25N/c1-13(9-3-2-4-10-13)12(14)8-7-11-5-6-11/h11-12H,2-10,14H2,1H3. The molecule has 2 rings (SSSR count). The lowest BCUT2D eigenvalue weighted by atomic mass is 9.69. The lowest BCUT2D eigenvalue weighted by Gasteiger charge is -2.39. The van der Waals surface area contributed by atoms with Crippen LogP contribution in [0.4, 0.5) is 0 Å². The summed E-state index contributed by atoms with van der Waals surface area (Å²) >= 11 is 0. The minimum absolute atomic E-state index is 0.475. The highest BCUT2D eigenvalue weighted by Crippen LogP contribution is 2.41.